The molecule has 0 spiro atoms. The van der Waals surface area contributed by atoms with Gasteiger partial charge >= 0.3 is 0 Å². The number of methoxy groups -OCH3 is 1. The summed E-state index contributed by atoms with van der Waals surface area (Å²) in [5.74, 6) is -1.12. The van der Waals surface area contributed by atoms with Gasteiger partial charge in [0.25, 0.3) is 0 Å². The molecule has 0 aliphatic heterocycles. The fourth-order valence-electron chi connectivity index (χ4n) is 1.53. The zero-order valence-electron chi connectivity index (χ0n) is 10.7. The van der Waals surface area contributed by atoms with Crippen LogP contribution in [0.1, 0.15) is 18.5 Å². The monoisotopic (exact) mass is 259 g/mol. The lowest BCUT2D eigenvalue weighted by atomic mass is 10.1. The fraction of sp³-hybridized carbons (Fsp3) is 0.538. The first-order chi connectivity index (χ1) is 8.63. The summed E-state index contributed by atoms with van der Waals surface area (Å²) in [5.41, 5.74) is 0.587. The highest BCUT2D eigenvalue weighted by Crippen LogP contribution is 2.15. The molecular weight excluding hydrogens is 240 g/mol. The summed E-state index contributed by atoms with van der Waals surface area (Å²) in [4.78, 5) is 0. The fourth-order valence-corrected chi connectivity index (χ4v) is 1.53. The second-order valence-electron chi connectivity index (χ2n) is 3.98. The number of benzene rings is 1. The molecule has 1 aromatic rings. The molecule has 5 heteroatoms. The summed E-state index contributed by atoms with van der Waals surface area (Å²) < 4.78 is 36.1. The molecular formula is C13H19F2NO2. The molecule has 102 valence electrons. The summed E-state index contributed by atoms with van der Waals surface area (Å²) >= 11 is 0. The van der Waals surface area contributed by atoms with Gasteiger partial charge in [-0.1, -0.05) is 0 Å². The van der Waals surface area contributed by atoms with Crippen LogP contribution in [-0.4, -0.2) is 33.5 Å². The van der Waals surface area contributed by atoms with E-state index in [1.807, 2.05) is 6.92 Å². The highest BCUT2D eigenvalue weighted by Gasteiger charge is 2.07. The predicted molar refractivity (Wildman–Crippen MR) is 65.5 cm³/mol. The Balaban J connectivity index is 2.29. The van der Waals surface area contributed by atoms with Gasteiger partial charge in [0.05, 0.1) is 19.8 Å². The molecule has 0 saturated carbocycles. The van der Waals surface area contributed by atoms with Crippen LogP contribution in [0.15, 0.2) is 18.2 Å². The third-order valence-corrected chi connectivity index (χ3v) is 2.51. The lowest BCUT2D eigenvalue weighted by Gasteiger charge is -2.14. The second kappa shape index (κ2) is 8.13. The Morgan fingerprint density at radius 1 is 1.11 bits per heavy atom. The molecule has 0 bridgehead atoms. The minimum atomic E-state index is -0.560. The summed E-state index contributed by atoms with van der Waals surface area (Å²) in [6, 6.07) is 3.39. The molecule has 1 aromatic carbocycles. The number of hydrogen-bond donors (Lipinski definition) is 1. The van der Waals surface area contributed by atoms with E-state index < -0.39 is 11.6 Å². The highest BCUT2D eigenvalue weighted by molar-refractivity contribution is 5.20. The van der Waals surface area contributed by atoms with Gasteiger partial charge in [-0.2, -0.15) is 0 Å². The molecule has 0 fully saturated rings. The van der Waals surface area contributed by atoms with Gasteiger partial charge in [0, 0.05) is 25.8 Å². The zero-order chi connectivity index (χ0) is 13.4. The molecule has 0 heterocycles. The molecule has 1 N–H and O–H groups in total. The minimum Gasteiger partial charge on any atom is -0.382 e. The van der Waals surface area contributed by atoms with E-state index in [4.69, 9.17) is 9.47 Å². The number of nitrogens with one attached hydrogen (secondary N) is 1. The van der Waals surface area contributed by atoms with Crippen LogP contribution in [0.3, 0.4) is 0 Å². The molecule has 0 aliphatic rings. The average molecular weight is 259 g/mol. The molecule has 1 atom stereocenters. The van der Waals surface area contributed by atoms with Gasteiger partial charge in [-0.25, -0.2) is 8.78 Å². The Morgan fingerprint density at radius 2 is 1.78 bits per heavy atom. The van der Waals surface area contributed by atoms with Crippen LogP contribution in [0.5, 0.6) is 0 Å². The Hall–Kier alpha value is -1.04. The van der Waals surface area contributed by atoms with Crippen molar-refractivity contribution in [3.8, 4) is 0 Å². The molecule has 3 nitrogen and oxygen atoms in total. The van der Waals surface area contributed by atoms with Crippen LogP contribution in [0.4, 0.5) is 8.78 Å². The molecule has 18 heavy (non-hydrogen) atoms. The third kappa shape index (κ3) is 5.53. The van der Waals surface area contributed by atoms with Crippen molar-refractivity contribution in [2.24, 2.45) is 0 Å². The van der Waals surface area contributed by atoms with E-state index in [1.165, 1.54) is 12.1 Å². The van der Waals surface area contributed by atoms with Crippen LogP contribution < -0.4 is 5.32 Å². The van der Waals surface area contributed by atoms with E-state index in [1.54, 1.807) is 7.11 Å². The number of hydrogen-bond acceptors (Lipinski definition) is 3. The van der Waals surface area contributed by atoms with Crippen molar-refractivity contribution in [2.75, 3.05) is 33.5 Å². The Bertz CT molecular complexity index is 341. The van der Waals surface area contributed by atoms with Crippen LogP contribution in [0, 0.1) is 11.6 Å². The van der Waals surface area contributed by atoms with Gasteiger partial charge in [-0.3, -0.25) is 0 Å². The summed E-state index contributed by atoms with van der Waals surface area (Å²) in [6.45, 7) is 4.10. The zero-order valence-corrected chi connectivity index (χ0v) is 10.7. The topological polar surface area (TPSA) is 30.5 Å². The smallest absolute Gasteiger partial charge is 0.126 e. The molecule has 0 saturated heterocycles. The van der Waals surface area contributed by atoms with E-state index in [0.29, 0.717) is 31.9 Å². The van der Waals surface area contributed by atoms with E-state index in [2.05, 4.69) is 5.32 Å². The largest absolute Gasteiger partial charge is 0.382 e. The van der Waals surface area contributed by atoms with Gasteiger partial charge in [0.15, 0.2) is 0 Å². The second-order valence-corrected chi connectivity index (χ2v) is 3.98. The lowest BCUT2D eigenvalue weighted by Crippen LogP contribution is -2.24. The summed E-state index contributed by atoms with van der Waals surface area (Å²) in [7, 11) is 1.61. The van der Waals surface area contributed by atoms with E-state index in [-0.39, 0.29) is 6.04 Å². The van der Waals surface area contributed by atoms with Crippen LogP contribution in [0.25, 0.3) is 0 Å². The van der Waals surface area contributed by atoms with Crippen LogP contribution >= 0.6 is 0 Å². The maximum Gasteiger partial charge on any atom is 0.126 e. The summed E-state index contributed by atoms with van der Waals surface area (Å²) in [6.07, 6.45) is 0. The molecule has 1 rings (SSSR count). The maximum absolute atomic E-state index is 13.0. The Morgan fingerprint density at radius 3 is 2.39 bits per heavy atom. The molecule has 1 unspecified atom stereocenters. The van der Waals surface area contributed by atoms with Crippen molar-refractivity contribution < 1.29 is 18.3 Å². The lowest BCUT2D eigenvalue weighted by molar-refractivity contribution is 0.0712. The van der Waals surface area contributed by atoms with Crippen LogP contribution in [-0.2, 0) is 9.47 Å². The molecule has 0 radical (unpaired) electrons. The maximum atomic E-state index is 13.0. The third-order valence-electron chi connectivity index (χ3n) is 2.51. The molecule has 0 aliphatic carbocycles. The van der Waals surface area contributed by atoms with Gasteiger partial charge in [-0.15, -0.1) is 0 Å². The Labute approximate surface area is 106 Å². The quantitative estimate of drug-likeness (QED) is 0.726. The van der Waals surface area contributed by atoms with Gasteiger partial charge < -0.3 is 14.8 Å². The summed E-state index contributed by atoms with van der Waals surface area (Å²) in [5, 5.41) is 3.13. The number of rotatable bonds is 8. The van der Waals surface area contributed by atoms with E-state index in [0.717, 1.165) is 6.07 Å². The van der Waals surface area contributed by atoms with Gasteiger partial charge in [0.2, 0.25) is 0 Å². The van der Waals surface area contributed by atoms with Crippen molar-refractivity contribution in [1.82, 2.24) is 5.32 Å². The van der Waals surface area contributed by atoms with Crippen molar-refractivity contribution >= 4 is 0 Å². The Kier molecular flexibility index (Phi) is 6.78. The number of halogens is 2. The normalized spacial score (nSPS) is 12.7. The van der Waals surface area contributed by atoms with Crippen molar-refractivity contribution in [3.05, 3.63) is 35.4 Å². The first-order valence-electron chi connectivity index (χ1n) is 5.89. The standard InChI is InChI=1S/C13H19F2NO2/c1-10(16-3-4-18-6-5-17-2)11-7-12(14)9-13(15)8-11/h7-10,16H,3-6H2,1-2H3. The molecule has 0 amide bonds. The van der Waals surface area contributed by atoms with Gasteiger partial charge in [0.1, 0.15) is 11.6 Å². The van der Waals surface area contributed by atoms with Crippen LogP contribution in [0.2, 0.25) is 0 Å². The average Bonchev–Trinajstić information content (AvgIpc) is 2.32. The van der Waals surface area contributed by atoms with Crippen molar-refractivity contribution in [2.45, 2.75) is 13.0 Å². The first kappa shape index (κ1) is 15.0. The van der Waals surface area contributed by atoms with Crippen molar-refractivity contribution in [1.29, 1.82) is 0 Å². The van der Waals surface area contributed by atoms with E-state index >= 15 is 0 Å². The SMILES string of the molecule is COCCOCCNC(C)c1cc(F)cc(F)c1. The number of ether oxygens (including phenoxy) is 2. The van der Waals surface area contributed by atoms with Crippen molar-refractivity contribution in [3.63, 3.8) is 0 Å². The molecule has 0 aromatic heterocycles. The predicted octanol–water partition coefficient (Wildman–Crippen LogP) is 2.28. The first-order valence-corrected chi connectivity index (χ1v) is 5.89. The minimum absolute atomic E-state index is 0.124. The van der Waals surface area contributed by atoms with Gasteiger partial charge in [-0.05, 0) is 24.6 Å². The highest BCUT2D eigenvalue weighted by atomic mass is 19.1. The van der Waals surface area contributed by atoms with E-state index in [9.17, 15) is 8.78 Å².